The molecule has 2 heterocycles. The van der Waals surface area contributed by atoms with Crippen molar-refractivity contribution in [1.29, 1.82) is 0 Å². The van der Waals surface area contributed by atoms with Gasteiger partial charge < -0.3 is 4.52 Å². The van der Waals surface area contributed by atoms with Gasteiger partial charge >= 0.3 is 10.2 Å². The Morgan fingerprint density at radius 1 is 1.50 bits per heavy atom. The van der Waals surface area contributed by atoms with Gasteiger partial charge in [0.1, 0.15) is 0 Å². The quantitative estimate of drug-likeness (QED) is 0.739. The second-order valence-electron chi connectivity index (χ2n) is 3.26. The third kappa shape index (κ3) is 1.71. The lowest BCUT2D eigenvalue weighted by atomic mass is 10.2. The van der Waals surface area contributed by atoms with Crippen LogP contribution in [0.15, 0.2) is 21.8 Å². The van der Waals surface area contributed by atoms with Crippen LogP contribution >= 0.6 is 0 Å². The number of nitrogens with zero attached hydrogens (tertiary/aromatic N) is 3. The van der Waals surface area contributed by atoms with Crippen molar-refractivity contribution >= 4 is 10.2 Å². The van der Waals surface area contributed by atoms with Crippen LogP contribution in [0.3, 0.4) is 0 Å². The van der Waals surface area contributed by atoms with E-state index in [0.717, 1.165) is 6.20 Å². The van der Waals surface area contributed by atoms with Gasteiger partial charge in [-0.25, -0.2) is 0 Å². The number of hydrogen-bond donors (Lipinski definition) is 0. The van der Waals surface area contributed by atoms with E-state index in [1.165, 1.54) is 10.9 Å². The van der Waals surface area contributed by atoms with Gasteiger partial charge in [-0.1, -0.05) is 5.16 Å². The lowest BCUT2D eigenvalue weighted by Gasteiger charge is -1.93. The molecule has 6 nitrogen and oxygen atoms in total. The van der Waals surface area contributed by atoms with Crippen LogP contribution in [0.25, 0.3) is 11.3 Å². The summed E-state index contributed by atoms with van der Waals surface area (Å²) in [4.78, 5) is -0.580. The Kier molecular flexibility index (Phi) is 2.30. The maximum atomic E-state index is 12.9. The van der Waals surface area contributed by atoms with Crippen molar-refractivity contribution in [3.05, 3.63) is 18.1 Å². The second kappa shape index (κ2) is 3.41. The second-order valence-corrected chi connectivity index (χ2v) is 4.57. The van der Waals surface area contributed by atoms with Gasteiger partial charge in [0.25, 0.3) is 0 Å². The Balaban J connectivity index is 2.67. The predicted octanol–water partition coefficient (Wildman–Crippen LogP) is 1.04. The summed E-state index contributed by atoms with van der Waals surface area (Å²) in [5.41, 5.74) is 0.931. The minimum Gasteiger partial charge on any atom is -0.355 e. The maximum Gasteiger partial charge on any atom is 0.337 e. The number of rotatable bonds is 2. The standard InChI is InChI=1S/C8H8FN3O3S/c1-5-6(4-12(2)11-5)8-7(3-10-15-8)16(9,13)14/h3-4H,1-2H3. The molecule has 0 aliphatic carbocycles. The van der Waals surface area contributed by atoms with E-state index < -0.39 is 15.1 Å². The summed E-state index contributed by atoms with van der Waals surface area (Å²) in [5, 5.41) is 7.29. The molecular weight excluding hydrogens is 237 g/mol. The van der Waals surface area contributed by atoms with E-state index in [1.807, 2.05) is 0 Å². The molecule has 0 saturated carbocycles. The van der Waals surface area contributed by atoms with E-state index >= 15 is 0 Å². The Bertz CT molecular complexity index is 629. The van der Waals surface area contributed by atoms with Crippen LogP contribution in [0.5, 0.6) is 0 Å². The summed E-state index contributed by atoms with van der Waals surface area (Å²) in [6, 6.07) is 0. The highest BCUT2D eigenvalue weighted by molar-refractivity contribution is 7.86. The average Bonchev–Trinajstić information content (AvgIpc) is 2.69. The first-order valence-electron chi connectivity index (χ1n) is 4.29. The SMILES string of the molecule is Cc1nn(C)cc1-c1oncc1S(=O)(=O)F. The van der Waals surface area contributed by atoms with Gasteiger partial charge in [-0.15, -0.1) is 3.89 Å². The molecule has 0 atom stereocenters. The van der Waals surface area contributed by atoms with Crippen LogP contribution < -0.4 is 0 Å². The molecule has 16 heavy (non-hydrogen) atoms. The molecular formula is C8H8FN3O3S. The molecule has 0 aromatic carbocycles. The fraction of sp³-hybridized carbons (Fsp3) is 0.250. The van der Waals surface area contributed by atoms with Crippen molar-refractivity contribution < 1.29 is 16.8 Å². The summed E-state index contributed by atoms with van der Waals surface area (Å²) in [7, 11) is -3.18. The smallest absolute Gasteiger partial charge is 0.337 e. The van der Waals surface area contributed by atoms with Gasteiger partial charge in [0.2, 0.25) is 0 Å². The normalized spacial score (nSPS) is 11.9. The predicted molar refractivity (Wildman–Crippen MR) is 51.7 cm³/mol. The minimum atomic E-state index is -4.84. The Hall–Kier alpha value is -1.70. The van der Waals surface area contributed by atoms with Crippen LogP contribution in [-0.4, -0.2) is 23.4 Å². The lowest BCUT2D eigenvalue weighted by Crippen LogP contribution is -1.92. The number of aromatic nitrogens is 3. The van der Waals surface area contributed by atoms with E-state index in [4.69, 9.17) is 4.52 Å². The maximum absolute atomic E-state index is 12.9. The van der Waals surface area contributed by atoms with Crippen molar-refractivity contribution in [1.82, 2.24) is 14.9 Å². The third-order valence-electron chi connectivity index (χ3n) is 2.06. The van der Waals surface area contributed by atoms with Crippen molar-refractivity contribution in [3.63, 3.8) is 0 Å². The average molecular weight is 245 g/mol. The van der Waals surface area contributed by atoms with E-state index in [2.05, 4.69) is 10.3 Å². The fourth-order valence-electron chi connectivity index (χ4n) is 1.41. The van der Waals surface area contributed by atoms with E-state index in [9.17, 15) is 12.3 Å². The van der Waals surface area contributed by atoms with Crippen LogP contribution in [0, 0.1) is 6.92 Å². The Morgan fingerprint density at radius 2 is 2.19 bits per heavy atom. The summed E-state index contributed by atoms with van der Waals surface area (Å²) in [6.07, 6.45) is 2.36. The number of hydrogen-bond acceptors (Lipinski definition) is 5. The van der Waals surface area contributed by atoms with Crippen LogP contribution in [0.4, 0.5) is 3.89 Å². The van der Waals surface area contributed by atoms with Crippen LogP contribution in [0.2, 0.25) is 0 Å². The fourth-order valence-corrected chi connectivity index (χ4v) is 1.95. The van der Waals surface area contributed by atoms with Crippen LogP contribution in [-0.2, 0) is 17.3 Å². The molecule has 2 aromatic rings. The third-order valence-corrected chi connectivity index (χ3v) is 2.87. The van der Waals surface area contributed by atoms with Crippen molar-refractivity contribution in [2.45, 2.75) is 11.8 Å². The number of aryl methyl sites for hydroxylation is 2. The largest absolute Gasteiger partial charge is 0.355 e. The topological polar surface area (TPSA) is 78.0 Å². The molecule has 86 valence electrons. The van der Waals surface area contributed by atoms with Gasteiger partial charge in [-0.3, -0.25) is 4.68 Å². The Labute approximate surface area is 90.9 Å². The Morgan fingerprint density at radius 3 is 2.69 bits per heavy atom. The van der Waals surface area contributed by atoms with Crippen molar-refractivity contribution in [3.8, 4) is 11.3 Å². The highest BCUT2D eigenvalue weighted by Gasteiger charge is 2.25. The van der Waals surface area contributed by atoms with Crippen molar-refractivity contribution in [2.24, 2.45) is 7.05 Å². The molecule has 2 rings (SSSR count). The van der Waals surface area contributed by atoms with Gasteiger partial charge in [0.15, 0.2) is 10.7 Å². The van der Waals surface area contributed by atoms with Gasteiger partial charge in [0, 0.05) is 13.2 Å². The molecule has 0 radical (unpaired) electrons. The minimum absolute atomic E-state index is 0.131. The molecule has 0 bridgehead atoms. The summed E-state index contributed by atoms with van der Waals surface area (Å²) in [5.74, 6) is -0.131. The van der Waals surface area contributed by atoms with Crippen LogP contribution in [0.1, 0.15) is 5.69 Å². The summed E-state index contributed by atoms with van der Waals surface area (Å²) in [6.45, 7) is 1.66. The molecule has 0 unspecified atom stereocenters. The monoisotopic (exact) mass is 245 g/mol. The summed E-state index contributed by atoms with van der Waals surface area (Å²) >= 11 is 0. The molecule has 0 aliphatic rings. The highest BCUT2D eigenvalue weighted by Crippen LogP contribution is 2.29. The van der Waals surface area contributed by atoms with Crippen molar-refractivity contribution in [2.75, 3.05) is 0 Å². The molecule has 0 N–H and O–H groups in total. The zero-order chi connectivity index (χ0) is 11.9. The zero-order valence-corrected chi connectivity index (χ0v) is 9.32. The first kappa shape index (κ1) is 10.8. The van der Waals surface area contributed by atoms with Gasteiger partial charge in [0.05, 0.1) is 17.5 Å². The first-order chi connectivity index (χ1) is 7.39. The lowest BCUT2D eigenvalue weighted by molar-refractivity contribution is 0.430. The zero-order valence-electron chi connectivity index (χ0n) is 8.51. The number of halogens is 1. The first-order valence-corrected chi connectivity index (χ1v) is 5.68. The molecule has 2 aromatic heterocycles. The molecule has 0 spiro atoms. The molecule has 8 heteroatoms. The highest BCUT2D eigenvalue weighted by atomic mass is 32.3. The molecule has 0 aliphatic heterocycles. The summed E-state index contributed by atoms with van der Waals surface area (Å²) < 4.78 is 40.7. The van der Waals surface area contributed by atoms with E-state index in [0.29, 0.717) is 11.3 Å². The molecule has 0 saturated heterocycles. The molecule has 0 amide bonds. The van der Waals surface area contributed by atoms with Gasteiger partial charge in [-0.2, -0.15) is 13.5 Å². The van der Waals surface area contributed by atoms with Gasteiger partial charge in [-0.05, 0) is 6.92 Å². The molecule has 0 fully saturated rings. The van der Waals surface area contributed by atoms with E-state index in [-0.39, 0.29) is 5.76 Å². The van der Waals surface area contributed by atoms with E-state index in [1.54, 1.807) is 14.0 Å².